The van der Waals surface area contributed by atoms with Crippen LogP contribution in [0, 0.1) is 18.3 Å². The largest absolute Gasteiger partial charge is 0.474 e. The highest BCUT2D eigenvalue weighted by molar-refractivity contribution is 5.41. The van der Waals surface area contributed by atoms with Crippen LogP contribution in [0.5, 0.6) is 5.88 Å². The summed E-state index contributed by atoms with van der Waals surface area (Å²) in [5.41, 5.74) is 1.15. The van der Waals surface area contributed by atoms with Crippen LogP contribution in [0.15, 0.2) is 0 Å². The lowest BCUT2D eigenvalue weighted by atomic mass is 10.3. The van der Waals surface area contributed by atoms with Crippen molar-refractivity contribution < 1.29 is 14.2 Å². The van der Waals surface area contributed by atoms with E-state index in [4.69, 9.17) is 19.5 Å². The molecule has 0 unspecified atom stereocenters. The summed E-state index contributed by atoms with van der Waals surface area (Å²) in [7, 11) is 3.37. The zero-order valence-electron chi connectivity index (χ0n) is 10.4. The molecular weight excluding hydrogens is 222 g/mol. The first kappa shape index (κ1) is 13.5. The highest BCUT2D eigenvalue weighted by atomic mass is 16.5. The van der Waals surface area contributed by atoms with Gasteiger partial charge in [-0.3, -0.25) is 0 Å². The normalized spacial score (nSPS) is 10.2. The number of methoxy groups -OCH3 is 1. The van der Waals surface area contributed by atoms with E-state index in [2.05, 4.69) is 11.2 Å². The van der Waals surface area contributed by atoms with Crippen LogP contribution in [0.25, 0.3) is 0 Å². The van der Waals surface area contributed by atoms with E-state index in [0.717, 1.165) is 0 Å². The van der Waals surface area contributed by atoms with E-state index in [0.29, 0.717) is 43.6 Å². The standard InChI is InChI=1S/C11H17N3O3/c1-9-10(8-12)11(14(2)13-9)17-7-6-16-5-4-15-3/h4-7H2,1-3H3. The first-order valence-corrected chi connectivity index (χ1v) is 5.34. The maximum Gasteiger partial charge on any atom is 0.230 e. The topological polar surface area (TPSA) is 69.3 Å². The lowest BCUT2D eigenvalue weighted by Crippen LogP contribution is -2.11. The molecule has 0 aromatic carbocycles. The molecule has 0 saturated carbocycles. The molecular formula is C11H17N3O3. The van der Waals surface area contributed by atoms with E-state index in [1.165, 1.54) is 0 Å². The molecule has 6 heteroatoms. The number of aryl methyl sites for hydroxylation is 2. The zero-order valence-corrected chi connectivity index (χ0v) is 10.4. The Morgan fingerprint density at radius 3 is 2.65 bits per heavy atom. The maximum atomic E-state index is 8.95. The monoisotopic (exact) mass is 239 g/mol. The van der Waals surface area contributed by atoms with Crippen molar-refractivity contribution >= 4 is 0 Å². The first-order valence-electron chi connectivity index (χ1n) is 5.34. The third-order valence-electron chi connectivity index (χ3n) is 2.18. The highest BCUT2D eigenvalue weighted by Gasteiger charge is 2.13. The van der Waals surface area contributed by atoms with Crippen molar-refractivity contribution in [2.75, 3.05) is 33.5 Å². The van der Waals surface area contributed by atoms with Gasteiger partial charge in [-0.2, -0.15) is 10.4 Å². The minimum Gasteiger partial charge on any atom is -0.474 e. The van der Waals surface area contributed by atoms with Crippen molar-refractivity contribution in [1.82, 2.24) is 9.78 Å². The summed E-state index contributed by atoms with van der Waals surface area (Å²) in [6.07, 6.45) is 0. The number of aromatic nitrogens is 2. The van der Waals surface area contributed by atoms with Crippen LogP contribution in [0.3, 0.4) is 0 Å². The Labute approximate surface area is 101 Å². The van der Waals surface area contributed by atoms with E-state index in [1.54, 1.807) is 25.8 Å². The lowest BCUT2D eigenvalue weighted by molar-refractivity contribution is 0.0529. The van der Waals surface area contributed by atoms with E-state index in [1.807, 2.05) is 0 Å². The molecule has 1 aromatic heterocycles. The van der Waals surface area contributed by atoms with Gasteiger partial charge in [-0.05, 0) is 6.92 Å². The summed E-state index contributed by atoms with van der Waals surface area (Å²) in [5.74, 6) is 0.486. The summed E-state index contributed by atoms with van der Waals surface area (Å²) >= 11 is 0. The van der Waals surface area contributed by atoms with Crippen LogP contribution in [-0.2, 0) is 16.5 Å². The van der Waals surface area contributed by atoms with Gasteiger partial charge in [-0.25, -0.2) is 4.68 Å². The van der Waals surface area contributed by atoms with Crippen LogP contribution in [0.2, 0.25) is 0 Å². The van der Waals surface area contributed by atoms with Crippen LogP contribution in [-0.4, -0.2) is 43.3 Å². The number of nitrogens with zero attached hydrogens (tertiary/aromatic N) is 3. The number of nitriles is 1. The van der Waals surface area contributed by atoms with E-state index in [-0.39, 0.29) is 0 Å². The quantitative estimate of drug-likeness (QED) is 0.653. The molecule has 17 heavy (non-hydrogen) atoms. The van der Waals surface area contributed by atoms with Crippen molar-refractivity contribution in [3.8, 4) is 11.9 Å². The molecule has 0 radical (unpaired) electrons. The summed E-state index contributed by atoms with van der Waals surface area (Å²) in [4.78, 5) is 0. The average Bonchev–Trinajstić information content (AvgIpc) is 2.58. The van der Waals surface area contributed by atoms with Gasteiger partial charge in [0.15, 0.2) is 0 Å². The van der Waals surface area contributed by atoms with Gasteiger partial charge in [0.05, 0.1) is 25.5 Å². The van der Waals surface area contributed by atoms with Crippen LogP contribution >= 0.6 is 0 Å². The van der Waals surface area contributed by atoms with Gasteiger partial charge in [0.2, 0.25) is 5.88 Å². The SMILES string of the molecule is COCCOCCOc1c(C#N)c(C)nn1C. The zero-order chi connectivity index (χ0) is 12.7. The molecule has 0 aliphatic carbocycles. The Bertz CT molecular complexity index is 395. The molecule has 0 aliphatic rings. The molecule has 0 N–H and O–H groups in total. The summed E-state index contributed by atoms with van der Waals surface area (Å²) in [6.45, 7) is 3.72. The van der Waals surface area contributed by atoms with Crippen molar-refractivity contribution in [2.45, 2.75) is 6.92 Å². The second-order valence-electron chi connectivity index (χ2n) is 3.45. The predicted octanol–water partition coefficient (Wildman–Crippen LogP) is 0.642. The number of rotatable bonds is 7. The number of ether oxygens (including phenoxy) is 3. The Balaban J connectivity index is 2.39. The van der Waals surface area contributed by atoms with Crippen LogP contribution in [0.1, 0.15) is 11.3 Å². The molecule has 0 fully saturated rings. The fourth-order valence-electron chi connectivity index (χ4n) is 1.37. The lowest BCUT2D eigenvalue weighted by Gasteiger charge is -2.07. The Morgan fingerprint density at radius 1 is 1.29 bits per heavy atom. The van der Waals surface area contributed by atoms with Gasteiger partial charge < -0.3 is 14.2 Å². The summed E-state index contributed by atoms with van der Waals surface area (Å²) < 4.78 is 17.1. The molecule has 1 rings (SSSR count). The molecule has 1 aromatic rings. The van der Waals surface area contributed by atoms with Gasteiger partial charge >= 0.3 is 0 Å². The molecule has 0 amide bonds. The van der Waals surface area contributed by atoms with Crippen molar-refractivity contribution in [3.05, 3.63) is 11.3 Å². The average molecular weight is 239 g/mol. The Kier molecular flexibility index (Phi) is 5.46. The molecule has 0 aliphatic heterocycles. The minimum atomic E-state index is 0.386. The van der Waals surface area contributed by atoms with Crippen molar-refractivity contribution in [3.63, 3.8) is 0 Å². The predicted molar refractivity (Wildman–Crippen MR) is 60.9 cm³/mol. The maximum absolute atomic E-state index is 8.95. The smallest absolute Gasteiger partial charge is 0.230 e. The van der Waals surface area contributed by atoms with Crippen molar-refractivity contribution in [2.24, 2.45) is 7.05 Å². The van der Waals surface area contributed by atoms with Crippen LogP contribution in [0.4, 0.5) is 0 Å². The molecule has 1 heterocycles. The van der Waals surface area contributed by atoms with Gasteiger partial charge in [0, 0.05) is 14.2 Å². The fourth-order valence-corrected chi connectivity index (χ4v) is 1.37. The molecule has 94 valence electrons. The third-order valence-corrected chi connectivity index (χ3v) is 2.18. The number of hydrogen-bond donors (Lipinski definition) is 0. The second kappa shape index (κ2) is 6.89. The van der Waals surface area contributed by atoms with Gasteiger partial charge in [-0.1, -0.05) is 0 Å². The minimum absolute atomic E-state index is 0.386. The van der Waals surface area contributed by atoms with E-state index < -0.39 is 0 Å². The van der Waals surface area contributed by atoms with Gasteiger partial charge in [0.25, 0.3) is 0 Å². The molecule has 0 saturated heterocycles. The van der Waals surface area contributed by atoms with Gasteiger partial charge in [0.1, 0.15) is 18.2 Å². The second-order valence-corrected chi connectivity index (χ2v) is 3.45. The van der Waals surface area contributed by atoms with Crippen molar-refractivity contribution in [1.29, 1.82) is 5.26 Å². The fraction of sp³-hybridized carbons (Fsp3) is 0.636. The highest BCUT2D eigenvalue weighted by Crippen LogP contribution is 2.19. The Morgan fingerprint density at radius 2 is 2.00 bits per heavy atom. The molecule has 0 spiro atoms. The molecule has 6 nitrogen and oxygen atoms in total. The summed E-state index contributed by atoms with van der Waals surface area (Å²) in [6, 6.07) is 2.08. The third kappa shape index (κ3) is 3.73. The Hall–Kier alpha value is -1.58. The van der Waals surface area contributed by atoms with Gasteiger partial charge in [-0.15, -0.1) is 0 Å². The number of hydrogen-bond acceptors (Lipinski definition) is 5. The first-order chi connectivity index (χ1) is 8.20. The van der Waals surface area contributed by atoms with E-state index >= 15 is 0 Å². The summed E-state index contributed by atoms with van der Waals surface area (Å²) in [5, 5.41) is 13.1. The van der Waals surface area contributed by atoms with E-state index in [9.17, 15) is 0 Å². The van der Waals surface area contributed by atoms with Crippen LogP contribution < -0.4 is 4.74 Å². The molecule has 0 atom stereocenters. The molecule has 0 bridgehead atoms.